The van der Waals surface area contributed by atoms with E-state index >= 15 is 0 Å². The van der Waals surface area contributed by atoms with Crippen LogP contribution in [0.15, 0.2) is 14.7 Å². The molecule has 0 fully saturated rings. The first-order chi connectivity index (χ1) is 6.47. The zero-order valence-electron chi connectivity index (χ0n) is 7.99. The van der Waals surface area contributed by atoms with Gasteiger partial charge in [-0.1, -0.05) is 0 Å². The van der Waals surface area contributed by atoms with Crippen LogP contribution < -0.4 is 10.5 Å². The Bertz CT molecular complexity index is 419. The van der Waals surface area contributed by atoms with Crippen molar-refractivity contribution in [2.45, 2.75) is 11.1 Å². The van der Waals surface area contributed by atoms with Crippen LogP contribution in [0.5, 0.6) is 0 Å². The molecular formula is C7H12BrClN2O2S2. The molecule has 0 aliphatic carbocycles. The Morgan fingerprint density at radius 2 is 2.20 bits per heavy atom. The Kier molecular flexibility index (Phi) is 6.31. The van der Waals surface area contributed by atoms with E-state index in [9.17, 15) is 8.42 Å². The van der Waals surface area contributed by atoms with Crippen LogP contribution in [0.25, 0.3) is 0 Å². The fraction of sp³-hybridized carbons (Fsp3) is 0.429. The molecule has 15 heavy (non-hydrogen) atoms. The molecule has 1 aromatic heterocycles. The molecule has 0 aliphatic rings. The summed E-state index contributed by atoms with van der Waals surface area (Å²) in [6, 6.07) is 1.78. The largest absolute Gasteiger partial charge is 0.329 e. The summed E-state index contributed by atoms with van der Waals surface area (Å²) in [5.74, 6) is 0. The number of thiophene rings is 1. The molecule has 88 valence electrons. The first kappa shape index (κ1) is 15.3. The highest BCUT2D eigenvalue weighted by atomic mass is 79.9. The summed E-state index contributed by atoms with van der Waals surface area (Å²) < 4.78 is 26.6. The van der Waals surface area contributed by atoms with E-state index in [1.54, 1.807) is 6.07 Å². The van der Waals surface area contributed by atoms with Crippen LogP contribution in [0.3, 0.4) is 0 Å². The third kappa shape index (κ3) is 4.01. The lowest BCUT2D eigenvalue weighted by atomic mass is 10.5. The van der Waals surface area contributed by atoms with Gasteiger partial charge in [-0.05, 0) is 28.9 Å². The minimum Gasteiger partial charge on any atom is -0.329 e. The van der Waals surface area contributed by atoms with Crippen molar-refractivity contribution in [2.75, 3.05) is 13.1 Å². The third-order valence-corrected chi connectivity index (χ3v) is 5.66. The van der Waals surface area contributed by atoms with Gasteiger partial charge >= 0.3 is 0 Å². The van der Waals surface area contributed by atoms with Gasteiger partial charge in [0.1, 0.15) is 4.21 Å². The van der Waals surface area contributed by atoms with E-state index in [2.05, 4.69) is 20.7 Å². The van der Waals surface area contributed by atoms with Crippen molar-refractivity contribution < 1.29 is 8.42 Å². The number of rotatable bonds is 4. The number of hydrogen-bond acceptors (Lipinski definition) is 4. The van der Waals surface area contributed by atoms with E-state index in [4.69, 9.17) is 5.73 Å². The van der Waals surface area contributed by atoms with Crippen molar-refractivity contribution in [1.82, 2.24) is 4.72 Å². The second-order valence-electron chi connectivity index (χ2n) is 2.68. The summed E-state index contributed by atoms with van der Waals surface area (Å²) in [7, 11) is -3.39. The summed E-state index contributed by atoms with van der Waals surface area (Å²) in [5, 5.41) is 0. The zero-order chi connectivity index (χ0) is 10.8. The number of nitrogens with two attached hydrogens (primary N) is 1. The maximum atomic E-state index is 11.6. The van der Waals surface area contributed by atoms with E-state index in [1.165, 1.54) is 11.3 Å². The lowest BCUT2D eigenvalue weighted by Crippen LogP contribution is -2.28. The lowest BCUT2D eigenvalue weighted by Gasteiger charge is -2.02. The molecule has 0 bridgehead atoms. The SMILES string of the molecule is Cc1cc(Br)c(S(=O)(=O)NCCN)s1.Cl. The summed E-state index contributed by atoms with van der Waals surface area (Å²) >= 11 is 4.44. The fourth-order valence-electron chi connectivity index (χ4n) is 0.904. The molecule has 8 heteroatoms. The van der Waals surface area contributed by atoms with Gasteiger partial charge < -0.3 is 5.73 Å². The predicted octanol–water partition coefficient (Wildman–Crippen LogP) is 1.48. The van der Waals surface area contributed by atoms with Crippen molar-refractivity contribution in [3.8, 4) is 0 Å². The quantitative estimate of drug-likeness (QED) is 0.875. The van der Waals surface area contributed by atoms with Crippen molar-refractivity contribution in [3.05, 3.63) is 15.4 Å². The minimum absolute atomic E-state index is 0. The van der Waals surface area contributed by atoms with Crippen LogP contribution >= 0.6 is 39.7 Å². The van der Waals surface area contributed by atoms with Crippen molar-refractivity contribution in [2.24, 2.45) is 5.73 Å². The molecule has 0 aromatic carbocycles. The first-order valence-corrected chi connectivity index (χ1v) is 7.02. The highest BCUT2D eigenvalue weighted by molar-refractivity contribution is 9.10. The highest BCUT2D eigenvalue weighted by Crippen LogP contribution is 2.30. The minimum atomic E-state index is -3.39. The molecule has 1 aromatic rings. The molecule has 0 amide bonds. The molecule has 4 nitrogen and oxygen atoms in total. The molecule has 0 radical (unpaired) electrons. The third-order valence-electron chi connectivity index (χ3n) is 1.46. The van der Waals surface area contributed by atoms with E-state index < -0.39 is 10.0 Å². The van der Waals surface area contributed by atoms with Gasteiger partial charge in [-0.3, -0.25) is 0 Å². The molecule has 0 unspecified atom stereocenters. The number of hydrogen-bond donors (Lipinski definition) is 2. The van der Waals surface area contributed by atoms with Gasteiger partial charge in [0, 0.05) is 22.4 Å². The summed E-state index contributed by atoms with van der Waals surface area (Å²) in [6.45, 7) is 2.41. The average molecular weight is 336 g/mol. The summed E-state index contributed by atoms with van der Waals surface area (Å²) in [5.41, 5.74) is 5.22. The van der Waals surface area contributed by atoms with Crippen LogP contribution in [0.2, 0.25) is 0 Å². The highest BCUT2D eigenvalue weighted by Gasteiger charge is 2.19. The molecular weight excluding hydrogens is 324 g/mol. The van der Waals surface area contributed by atoms with Crippen LogP contribution in [0.4, 0.5) is 0 Å². The second-order valence-corrected chi connectivity index (χ2v) is 6.75. The second kappa shape index (κ2) is 6.17. The number of sulfonamides is 1. The van der Waals surface area contributed by atoms with Gasteiger partial charge in [0.2, 0.25) is 0 Å². The van der Waals surface area contributed by atoms with Gasteiger partial charge in [0.05, 0.1) is 0 Å². The van der Waals surface area contributed by atoms with Crippen LogP contribution in [0, 0.1) is 6.92 Å². The Hall–Kier alpha value is 0.340. The Labute approximate surface area is 108 Å². The van der Waals surface area contributed by atoms with Gasteiger partial charge in [-0.2, -0.15) is 0 Å². The lowest BCUT2D eigenvalue weighted by molar-refractivity contribution is 0.584. The monoisotopic (exact) mass is 334 g/mol. The number of nitrogens with one attached hydrogen (secondary N) is 1. The first-order valence-electron chi connectivity index (χ1n) is 3.93. The molecule has 0 atom stereocenters. The van der Waals surface area contributed by atoms with E-state index in [-0.39, 0.29) is 19.0 Å². The zero-order valence-corrected chi connectivity index (χ0v) is 12.0. The van der Waals surface area contributed by atoms with E-state index in [0.717, 1.165) is 4.88 Å². The van der Waals surface area contributed by atoms with Gasteiger partial charge in [-0.15, -0.1) is 23.7 Å². The predicted molar refractivity (Wildman–Crippen MR) is 68.2 cm³/mol. The van der Waals surface area contributed by atoms with Crippen LogP contribution in [-0.4, -0.2) is 21.5 Å². The van der Waals surface area contributed by atoms with Crippen LogP contribution in [-0.2, 0) is 10.0 Å². The Balaban J connectivity index is 0.00000196. The summed E-state index contributed by atoms with van der Waals surface area (Å²) in [6.07, 6.45) is 0. The molecule has 0 spiro atoms. The summed E-state index contributed by atoms with van der Waals surface area (Å²) in [4.78, 5) is 0.949. The molecule has 0 saturated carbocycles. The maximum absolute atomic E-state index is 11.6. The molecule has 1 rings (SSSR count). The fourth-order valence-corrected chi connectivity index (χ4v) is 4.75. The normalized spacial score (nSPS) is 11.1. The molecule has 0 aliphatic heterocycles. The number of aryl methyl sites for hydroxylation is 1. The molecule has 1 heterocycles. The molecule has 3 N–H and O–H groups in total. The van der Waals surface area contributed by atoms with E-state index in [0.29, 0.717) is 15.2 Å². The molecule has 0 saturated heterocycles. The van der Waals surface area contributed by atoms with Crippen molar-refractivity contribution >= 4 is 49.7 Å². The standard InChI is InChI=1S/C7H11BrN2O2S2.ClH/c1-5-4-6(8)7(13-5)14(11,12)10-3-2-9;/h4,10H,2-3,9H2,1H3;1H. The van der Waals surface area contributed by atoms with Gasteiger partial charge in [0.15, 0.2) is 0 Å². The Morgan fingerprint density at radius 1 is 1.60 bits per heavy atom. The van der Waals surface area contributed by atoms with Crippen LogP contribution in [0.1, 0.15) is 4.88 Å². The maximum Gasteiger partial charge on any atom is 0.251 e. The van der Waals surface area contributed by atoms with Gasteiger partial charge in [0.25, 0.3) is 10.0 Å². The Morgan fingerprint density at radius 3 is 2.60 bits per heavy atom. The van der Waals surface area contributed by atoms with Crippen molar-refractivity contribution in [1.29, 1.82) is 0 Å². The van der Waals surface area contributed by atoms with Gasteiger partial charge in [-0.25, -0.2) is 13.1 Å². The van der Waals surface area contributed by atoms with E-state index in [1.807, 2.05) is 6.92 Å². The van der Waals surface area contributed by atoms with Crippen molar-refractivity contribution in [3.63, 3.8) is 0 Å². The smallest absolute Gasteiger partial charge is 0.251 e. The average Bonchev–Trinajstić information content (AvgIpc) is 2.42. The topological polar surface area (TPSA) is 72.2 Å². The number of halogens is 2.